The molecule has 1 saturated heterocycles. The van der Waals surface area contributed by atoms with Crippen LogP contribution in [0.1, 0.15) is 31.1 Å². The number of benzene rings is 2. The van der Waals surface area contributed by atoms with Crippen LogP contribution in [0, 0.1) is 0 Å². The lowest BCUT2D eigenvalue weighted by atomic mass is 10.0. The van der Waals surface area contributed by atoms with E-state index < -0.39 is 18.0 Å². The van der Waals surface area contributed by atoms with Crippen molar-refractivity contribution in [2.24, 2.45) is 0 Å². The van der Waals surface area contributed by atoms with Gasteiger partial charge in [0.15, 0.2) is 11.5 Å². The fourth-order valence-corrected chi connectivity index (χ4v) is 3.92. The summed E-state index contributed by atoms with van der Waals surface area (Å²) >= 11 is 0. The quantitative estimate of drug-likeness (QED) is 0.739. The second-order valence-corrected chi connectivity index (χ2v) is 8.01. The van der Waals surface area contributed by atoms with Crippen molar-refractivity contribution in [1.29, 1.82) is 0 Å². The SMILES string of the molecule is COc1ccc(CCN2C(=O)C(C)(C)N(C)C2c2ccc3c(c2)OC(F)(F)O3)cc1. The zero-order chi connectivity index (χ0) is 21.7. The molecule has 2 aliphatic rings. The minimum Gasteiger partial charge on any atom is -0.497 e. The second-order valence-electron chi connectivity index (χ2n) is 8.01. The van der Waals surface area contributed by atoms with E-state index in [0.29, 0.717) is 18.5 Å². The Morgan fingerprint density at radius 3 is 2.40 bits per heavy atom. The molecule has 160 valence electrons. The number of rotatable bonds is 5. The van der Waals surface area contributed by atoms with Gasteiger partial charge in [0.25, 0.3) is 0 Å². The molecule has 2 aromatic rings. The first-order valence-electron chi connectivity index (χ1n) is 9.69. The number of fused-ring (bicyclic) bond motifs is 1. The van der Waals surface area contributed by atoms with Gasteiger partial charge in [0, 0.05) is 6.54 Å². The van der Waals surface area contributed by atoms with E-state index in [4.69, 9.17) is 4.74 Å². The average Bonchev–Trinajstić information content (AvgIpc) is 3.10. The van der Waals surface area contributed by atoms with Gasteiger partial charge in [-0.05, 0) is 62.7 Å². The van der Waals surface area contributed by atoms with Crippen LogP contribution in [-0.4, -0.2) is 48.2 Å². The summed E-state index contributed by atoms with van der Waals surface area (Å²) in [7, 11) is 3.47. The Balaban J connectivity index is 1.60. The summed E-state index contributed by atoms with van der Waals surface area (Å²) in [5.41, 5.74) is 1.02. The number of nitrogens with zero attached hydrogens (tertiary/aromatic N) is 2. The Hall–Kier alpha value is -2.87. The summed E-state index contributed by atoms with van der Waals surface area (Å²) < 4.78 is 41.1. The van der Waals surface area contributed by atoms with Gasteiger partial charge in [-0.2, -0.15) is 0 Å². The highest BCUT2D eigenvalue weighted by atomic mass is 19.3. The van der Waals surface area contributed by atoms with Gasteiger partial charge in [-0.3, -0.25) is 9.69 Å². The summed E-state index contributed by atoms with van der Waals surface area (Å²) in [5.74, 6) is 0.705. The third kappa shape index (κ3) is 3.45. The van der Waals surface area contributed by atoms with Gasteiger partial charge in [0.1, 0.15) is 11.9 Å². The van der Waals surface area contributed by atoms with E-state index in [1.54, 1.807) is 18.1 Å². The average molecular weight is 418 g/mol. The van der Waals surface area contributed by atoms with Crippen LogP contribution in [-0.2, 0) is 11.2 Å². The van der Waals surface area contributed by atoms with Crippen LogP contribution >= 0.6 is 0 Å². The summed E-state index contributed by atoms with van der Waals surface area (Å²) in [4.78, 5) is 16.9. The van der Waals surface area contributed by atoms with Crippen LogP contribution in [0.2, 0.25) is 0 Å². The molecule has 0 spiro atoms. The maximum Gasteiger partial charge on any atom is 0.586 e. The predicted molar refractivity (Wildman–Crippen MR) is 106 cm³/mol. The number of carbonyl (C=O) groups is 1. The molecule has 0 aromatic heterocycles. The number of likely N-dealkylation sites (N-methyl/N-ethyl adjacent to an activating group) is 1. The molecule has 30 heavy (non-hydrogen) atoms. The second kappa shape index (κ2) is 7.12. The maximum absolute atomic E-state index is 13.4. The van der Waals surface area contributed by atoms with Crippen molar-refractivity contribution >= 4 is 5.91 Å². The normalized spacial score (nSPS) is 21.9. The number of alkyl halides is 2. The van der Waals surface area contributed by atoms with E-state index in [-0.39, 0.29) is 17.4 Å². The molecular formula is C22H24F2N2O4. The standard InChI is InChI=1S/C22H24F2N2O4/c1-21(2)20(27)26(12-11-14-5-8-16(28-4)9-6-14)19(25(21)3)15-7-10-17-18(13-15)30-22(23,24)29-17/h5-10,13,19H,11-12H2,1-4H3. The van der Waals surface area contributed by atoms with Crippen molar-refractivity contribution < 1.29 is 27.8 Å². The summed E-state index contributed by atoms with van der Waals surface area (Å²) in [6, 6.07) is 12.4. The Labute approximate surface area is 173 Å². The van der Waals surface area contributed by atoms with Crippen molar-refractivity contribution in [2.45, 2.75) is 38.3 Å². The van der Waals surface area contributed by atoms with Crippen molar-refractivity contribution in [3.8, 4) is 17.2 Å². The molecule has 0 bridgehead atoms. The van der Waals surface area contributed by atoms with Gasteiger partial charge >= 0.3 is 6.29 Å². The lowest BCUT2D eigenvalue weighted by molar-refractivity contribution is -0.286. The predicted octanol–water partition coefficient (Wildman–Crippen LogP) is 3.81. The monoisotopic (exact) mass is 418 g/mol. The molecule has 4 rings (SSSR count). The molecule has 0 N–H and O–H groups in total. The first kappa shape index (κ1) is 20.4. The minimum atomic E-state index is -3.67. The fourth-order valence-electron chi connectivity index (χ4n) is 3.92. The summed E-state index contributed by atoms with van der Waals surface area (Å²) in [6.45, 7) is 4.20. The van der Waals surface area contributed by atoms with Gasteiger partial charge in [-0.1, -0.05) is 18.2 Å². The van der Waals surface area contributed by atoms with E-state index in [0.717, 1.165) is 11.3 Å². The number of methoxy groups -OCH3 is 1. The van der Waals surface area contributed by atoms with Gasteiger partial charge in [0.05, 0.1) is 12.6 Å². The van der Waals surface area contributed by atoms with E-state index in [9.17, 15) is 13.6 Å². The van der Waals surface area contributed by atoms with Gasteiger partial charge < -0.3 is 19.1 Å². The first-order valence-corrected chi connectivity index (χ1v) is 9.69. The molecule has 0 saturated carbocycles. The number of hydrogen-bond acceptors (Lipinski definition) is 5. The minimum absolute atomic E-state index is 0.0141. The maximum atomic E-state index is 13.4. The molecule has 2 aromatic carbocycles. The van der Waals surface area contributed by atoms with Gasteiger partial charge in [-0.15, -0.1) is 8.78 Å². The highest BCUT2D eigenvalue weighted by molar-refractivity contribution is 5.88. The third-order valence-corrected chi connectivity index (χ3v) is 5.85. The molecule has 2 aliphatic heterocycles. The van der Waals surface area contributed by atoms with E-state index in [1.165, 1.54) is 12.1 Å². The molecule has 1 unspecified atom stereocenters. The molecule has 0 radical (unpaired) electrons. The third-order valence-electron chi connectivity index (χ3n) is 5.85. The number of ether oxygens (including phenoxy) is 3. The van der Waals surface area contributed by atoms with Crippen LogP contribution in [0.4, 0.5) is 8.78 Å². The Bertz CT molecular complexity index is 962. The molecule has 1 amide bonds. The molecule has 8 heteroatoms. The summed E-state index contributed by atoms with van der Waals surface area (Å²) in [5, 5.41) is 0. The van der Waals surface area contributed by atoms with E-state index in [2.05, 4.69) is 9.47 Å². The van der Waals surface area contributed by atoms with Crippen LogP contribution in [0.5, 0.6) is 17.2 Å². The zero-order valence-corrected chi connectivity index (χ0v) is 17.3. The lowest BCUT2D eigenvalue weighted by Gasteiger charge is -2.30. The smallest absolute Gasteiger partial charge is 0.497 e. The van der Waals surface area contributed by atoms with Crippen molar-refractivity contribution in [2.75, 3.05) is 20.7 Å². The highest BCUT2D eigenvalue weighted by Gasteiger charge is 2.51. The lowest BCUT2D eigenvalue weighted by Crippen LogP contribution is -2.41. The Morgan fingerprint density at radius 1 is 1.07 bits per heavy atom. The molecule has 0 aliphatic carbocycles. The van der Waals surface area contributed by atoms with Gasteiger partial charge in [0.2, 0.25) is 5.91 Å². The number of halogens is 2. The van der Waals surface area contributed by atoms with Crippen molar-refractivity contribution in [3.63, 3.8) is 0 Å². The van der Waals surface area contributed by atoms with Gasteiger partial charge in [-0.25, -0.2) is 0 Å². The topological polar surface area (TPSA) is 51.2 Å². The van der Waals surface area contributed by atoms with E-state index >= 15 is 0 Å². The van der Waals surface area contributed by atoms with Crippen LogP contribution < -0.4 is 14.2 Å². The van der Waals surface area contributed by atoms with Crippen molar-refractivity contribution in [3.05, 3.63) is 53.6 Å². The summed E-state index contributed by atoms with van der Waals surface area (Å²) in [6.07, 6.45) is -3.43. The molecule has 6 nitrogen and oxygen atoms in total. The molecular weight excluding hydrogens is 394 g/mol. The number of carbonyl (C=O) groups excluding carboxylic acids is 1. The largest absolute Gasteiger partial charge is 0.586 e. The van der Waals surface area contributed by atoms with Crippen LogP contribution in [0.3, 0.4) is 0 Å². The molecule has 1 atom stereocenters. The number of amides is 1. The Morgan fingerprint density at radius 2 is 1.73 bits per heavy atom. The molecule has 1 fully saturated rings. The molecule has 2 heterocycles. The van der Waals surface area contributed by atoms with E-state index in [1.807, 2.05) is 50.1 Å². The highest BCUT2D eigenvalue weighted by Crippen LogP contribution is 2.45. The number of hydrogen-bond donors (Lipinski definition) is 0. The zero-order valence-electron chi connectivity index (χ0n) is 17.3. The Kier molecular flexibility index (Phi) is 4.85. The fraction of sp³-hybridized carbons (Fsp3) is 0.409. The first-order chi connectivity index (χ1) is 14.1. The van der Waals surface area contributed by atoms with Crippen molar-refractivity contribution in [1.82, 2.24) is 9.80 Å². The van der Waals surface area contributed by atoms with Crippen LogP contribution in [0.15, 0.2) is 42.5 Å². The van der Waals surface area contributed by atoms with Crippen LogP contribution in [0.25, 0.3) is 0 Å².